The number of rotatable bonds is 3. The second kappa shape index (κ2) is 6.61. The first-order chi connectivity index (χ1) is 10.6. The number of nitrogens with zero attached hydrogens (tertiary/aromatic N) is 1. The summed E-state index contributed by atoms with van der Waals surface area (Å²) in [6.45, 7) is 2.91. The fourth-order valence-electron chi connectivity index (χ4n) is 2.98. The highest BCUT2D eigenvalue weighted by Crippen LogP contribution is 2.33. The Kier molecular flexibility index (Phi) is 4.76. The van der Waals surface area contributed by atoms with Crippen LogP contribution in [0.4, 0.5) is 0 Å². The molecule has 1 amide bonds. The van der Waals surface area contributed by atoms with E-state index in [2.05, 4.69) is 18.4 Å². The smallest absolute Gasteiger partial charge is 0.223 e. The maximum Gasteiger partial charge on any atom is 0.223 e. The molecule has 2 aromatic rings. The minimum Gasteiger partial charge on any atom is -0.336 e. The first kappa shape index (κ1) is 15.9. The van der Waals surface area contributed by atoms with Crippen LogP contribution in [0.3, 0.4) is 0 Å². The van der Waals surface area contributed by atoms with Gasteiger partial charge in [-0.2, -0.15) is 0 Å². The second-order valence-corrected chi connectivity index (χ2v) is 7.31. The summed E-state index contributed by atoms with van der Waals surface area (Å²) < 4.78 is 0. The van der Waals surface area contributed by atoms with Crippen LogP contribution in [0, 0.1) is 0 Å². The molecule has 0 aliphatic carbocycles. The lowest BCUT2D eigenvalue weighted by Crippen LogP contribution is -2.38. The summed E-state index contributed by atoms with van der Waals surface area (Å²) in [6, 6.07) is 7.86. The van der Waals surface area contributed by atoms with E-state index >= 15 is 0 Å². The number of fused-ring (bicyclic) bond motifs is 1. The molecular formula is C17H17Cl2NOS. The molecule has 1 aromatic heterocycles. The third-order valence-corrected chi connectivity index (χ3v) is 6.09. The predicted octanol–water partition coefficient (Wildman–Crippen LogP) is 5.13. The molecule has 0 saturated heterocycles. The number of benzene rings is 1. The molecule has 0 unspecified atom stereocenters. The van der Waals surface area contributed by atoms with Gasteiger partial charge in [-0.15, -0.1) is 11.3 Å². The lowest BCUT2D eigenvalue weighted by Gasteiger charge is -2.33. The van der Waals surface area contributed by atoms with Gasteiger partial charge in [-0.1, -0.05) is 35.3 Å². The molecule has 0 bridgehead atoms. The van der Waals surface area contributed by atoms with Gasteiger partial charge in [-0.3, -0.25) is 4.79 Å². The molecule has 2 nitrogen and oxygen atoms in total. The van der Waals surface area contributed by atoms with E-state index in [4.69, 9.17) is 23.2 Å². The quantitative estimate of drug-likeness (QED) is 0.748. The highest BCUT2D eigenvalue weighted by molar-refractivity contribution is 7.10. The Bertz CT molecular complexity index is 698. The highest BCUT2D eigenvalue weighted by atomic mass is 35.5. The van der Waals surface area contributed by atoms with E-state index in [9.17, 15) is 4.79 Å². The van der Waals surface area contributed by atoms with Crippen LogP contribution in [0.1, 0.15) is 35.4 Å². The molecule has 2 heterocycles. The number of carbonyl (C=O) groups is 1. The SMILES string of the molecule is C[C@H]1c2ccsc2CCN1C(=O)CCc1cccc(Cl)c1Cl. The Morgan fingerprint density at radius 2 is 2.18 bits per heavy atom. The number of hydrogen-bond acceptors (Lipinski definition) is 2. The molecule has 0 saturated carbocycles. The molecule has 0 fully saturated rings. The number of hydrogen-bond donors (Lipinski definition) is 0. The van der Waals surface area contributed by atoms with E-state index < -0.39 is 0 Å². The second-order valence-electron chi connectivity index (χ2n) is 5.53. The molecule has 0 spiro atoms. The van der Waals surface area contributed by atoms with Crippen LogP contribution >= 0.6 is 34.5 Å². The Morgan fingerprint density at radius 1 is 1.36 bits per heavy atom. The van der Waals surface area contributed by atoms with Crippen LogP contribution in [0.2, 0.25) is 10.0 Å². The van der Waals surface area contributed by atoms with Crippen LogP contribution in [0.15, 0.2) is 29.6 Å². The molecule has 1 aliphatic heterocycles. The lowest BCUT2D eigenvalue weighted by atomic mass is 10.0. The van der Waals surface area contributed by atoms with Gasteiger partial charge >= 0.3 is 0 Å². The van der Waals surface area contributed by atoms with E-state index in [1.54, 1.807) is 17.4 Å². The molecule has 1 atom stereocenters. The molecule has 22 heavy (non-hydrogen) atoms. The van der Waals surface area contributed by atoms with E-state index in [1.807, 2.05) is 17.0 Å². The standard InChI is InChI=1S/C17H17Cl2NOS/c1-11-13-8-10-22-15(13)7-9-20(11)16(21)6-5-12-3-2-4-14(18)17(12)19/h2-4,8,10-11H,5-7,9H2,1H3/t11-/m0/s1. The third kappa shape index (κ3) is 3.03. The fraction of sp³-hybridized carbons (Fsp3) is 0.353. The first-order valence-electron chi connectivity index (χ1n) is 7.36. The Hall–Kier alpha value is -1.03. The third-order valence-electron chi connectivity index (χ3n) is 4.24. The molecule has 1 aliphatic rings. The summed E-state index contributed by atoms with van der Waals surface area (Å²) in [5.74, 6) is 0.181. The van der Waals surface area contributed by atoms with E-state index in [1.165, 1.54) is 10.4 Å². The number of thiophene rings is 1. The molecular weight excluding hydrogens is 337 g/mol. The maximum atomic E-state index is 12.6. The van der Waals surface area contributed by atoms with Gasteiger partial charge < -0.3 is 4.90 Å². The Labute approximate surface area is 144 Å². The number of halogens is 2. The van der Waals surface area contributed by atoms with Crippen molar-refractivity contribution in [2.24, 2.45) is 0 Å². The van der Waals surface area contributed by atoms with Crippen molar-refractivity contribution in [3.63, 3.8) is 0 Å². The average Bonchev–Trinajstić information content (AvgIpc) is 2.98. The van der Waals surface area contributed by atoms with Gasteiger partial charge in [0.05, 0.1) is 16.1 Å². The van der Waals surface area contributed by atoms with Crippen LogP contribution in [0.5, 0.6) is 0 Å². The summed E-state index contributed by atoms with van der Waals surface area (Å²) in [4.78, 5) is 16.0. The minimum absolute atomic E-state index is 0.164. The lowest BCUT2D eigenvalue weighted by molar-refractivity contribution is -0.133. The van der Waals surface area contributed by atoms with Crippen molar-refractivity contribution in [3.05, 3.63) is 55.7 Å². The van der Waals surface area contributed by atoms with Gasteiger partial charge in [0.1, 0.15) is 0 Å². The van der Waals surface area contributed by atoms with Crippen molar-refractivity contribution in [2.45, 2.75) is 32.2 Å². The molecule has 5 heteroatoms. The summed E-state index contributed by atoms with van der Waals surface area (Å²) in [7, 11) is 0. The van der Waals surface area contributed by atoms with E-state index in [0.717, 1.165) is 18.5 Å². The zero-order chi connectivity index (χ0) is 15.7. The van der Waals surface area contributed by atoms with Crippen LogP contribution in [0.25, 0.3) is 0 Å². The normalized spacial score (nSPS) is 17.4. The predicted molar refractivity (Wildman–Crippen MR) is 92.9 cm³/mol. The summed E-state index contributed by atoms with van der Waals surface area (Å²) in [6.07, 6.45) is 2.04. The summed E-state index contributed by atoms with van der Waals surface area (Å²) in [5.41, 5.74) is 2.23. The molecule has 0 radical (unpaired) electrons. The van der Waals surface area contributed by atoms with Gasteiger partial charge in [0, 0.05) is 17.8 Å². The van der Waals surface area contributed by atoms with Crippen molar-refractivity contribution in [3.8, 4) is 0 Å². The van der Waals surface area contributed by atoms with Crippen molar-refractivity contribution in [1.82, 2.24) is 4.90 Å². The zero-order valence-electron chi connectivity index (χ0n) is 12.3. The molecule has 1 aromatic carbocycles. The summed E-state index contributed by atoms with van der Waals surface area (Å²) >= 11 is 14.0. The molecule has 3 rings (SSSR count). The maximum absolute atomic E-state index is 12.6. The van der Waals surface area contributed by atoms with Crippen molar-refractivity contribution in [2.75, 3.05) is 6.54 Å². The van der Waals surface area contributed by atoms with Crippen molar-refractivity contribution in [1.29, 1.82) is 0 Å². The molecule has 0 N–H and O–H groups in total. The van der Waals surface area contributed by atoms with Gasteiger partial charge in [0.2, 0.25) is 5.91 Å². The van der Waals surface area contributed by atoms with Gasteiger partial charge in [0.15, 0.2) is 0 Å². The topological polar surface area (TPSA) is 20.3 Å². The van der Waals surface area contributed by atoms with E-state index in [-0.39, 0.29) is 11.9 Å². The van der Waals surface area contributed by atoms with E-state index in [0.29, 0.717) is 22.9 Å². The van der Waals surface area contributed by atoms with Gasteiger partial charge in [0.25, 0.3) is 0 Å². The Balaban J connectivity index is 1.67. The van der Waals surface area contributed by atoms with Crippen LogP contribution in [-0.4, -0.2) is 17.4 Å². The highest BCUT2D eigenvalue weighted by Gasteiger charge is 2.27. The van der Waals surface area contributed by atoms with Crippen molar-refractivity contribution >= 4 is 40.4 Å². The Morgan fingerprint density at radius 3 is 3.00 bits per heavy atom. The number of aryl methyl sites for hydroxylation is 1. The number of carbonyl (C=O) groups excluding carboxylic acids is 1. The average molecular weight is 354 g/mol. The summed E-state index contributed by atoms with van der Waals surface area (Å²) in [5, 5.41) is 3.21. The first-order valence-corrected chi connectivity index (χ1v) is 9.00. The van der Waals surface area contributed by atoms with Gasteiger partial charge in [-0.25, -0.2) is 0 Å². The minimum atomic E-state index is 0.164. The largest absolute Gasteiger partial charge is 0.336 e. The fourth-order valence-corrected chi connectivity index (χ4v) is 4.35. The van der Waals surface area contributed by atoms with Crippen molar-refractivity contribution < 1.29 is 4.79 Å². The molecule has 116 valence electrons. The zero-order valence-corrected chi connectivity index (χ0v) is 14.6. The van der Waals surface area contributed by atoms with Gasteiger partial charge in [-0.05, 0) is 48.4 Å². The monoisotopic (exact) mass is 353 g/mol. The van der Waals surface area contributed by atoms with Crippen LogP contribution in [-0.2, 0) is 17.6 Å². The van der Waals surface area contributed by atoms with Crippen LogP contribution < -0.4 is 0 Å². The number of amides is 1.